The fraction of sp³-hybridized carbons (Fsp3) is 0.222. The second-order valence-corrected chi connectivity index (χ2v) is 7.54. The lowest BCUT2D eigenvalue weighted by Gasteiger charge is -2.20. The maximum atomic E-state index is 11.5. The molecule has 1 aromatic rings. The van der Waals surface area contributed by atoms with Crippen molar-refractivity contribution in [3.8, 4) is 6.07 Å². The second-order valence-electron chi connectivity index (χ2n) is 3.65. The molecule has 2 N–H and O–H groups in total. The molecule has 0 aliphatic carbocycles. The Labute approximate surface area is 106 Å². The van der Waals surface area contributed by atoms with Crippen LogP contribution in [0.15, 0.2) is 18.2 Å². The smallest absolute Gasteiger partial charge is 0.245 e. The molecule has 1 rings (SSSR count). The van der Waals surface area contributed by atoms with Crippen LogP contribution in [0.4, 0.5) is 11.4 Å². The molecule has 0 saturated heterocycles. The Kier molecular flexibility index (Phi) is 3.54. The van der Waals surface area contributed by atoms with Crippen LogP contribution < -0.4 is 9.44 Å². The molecule has 0 amide bonds. The van der Waals surface area contributed by atoms with E-state index in [-0.39, 0.29) is 20.6 Å². The number of hydrogen-bond donors (Lipinski definition) is 1. The Hall–Kier alpha value is -1.79. The number of nitrogen functional groups attached to an aromatic ring is 1. The molecular weight excluding hydrogens is 278 g/mol. The van der Waals surface area contributed by atoms with Crippen LogP contribution in [0.5, 0.6) is 0 Å². The van der Waals surface area contributed by atoms with Crippen LogP contribution in [0, 0.1) is 11.3 Å². The number of nitrogens with zero attached hydrogens (tertiary/aromatic N) is 2. The van der Waals surface area contributed by atoms with Crippen molar-refractivity contribution in [2.24, 2.45) is 0 Å². The molecule has 98 valence electrons. The van der Waals surface area contributed by atoms with Crippen molar-refractivity contribution in [2.75, 3.05) is 22.0 Å². The second kappa shape index (κ2) is 4.47. The van der Waals surface area contributed by atoms with Gasteiger partial charge in [-0.3, -0.25) is 0 Å². The molecule has 18 heavy (non-hydrogen) atoms. The van der Waals surface area contributed by atoms with Crippen LogP contribution in [0.25, 0.3) is 0 Å². The van der Waals surface area contributed by atoms with Crippen LogP contribution >= 0.6 is 0 Å². The molecule has 1 aromatic carbocycles. The standard InChI is InChI=1S/C9H11N3O4S2/c1-17(13,14)12(18(2,15)16)9-4-7(6-10)3-8(11)5-9/h3-5H,11H2,1-2H3. The van der Waals surface area contributed by atoms with Crippen LogP contribution in [0.3, 0.4) is 0 Å². The van der Waals surface area contributed by atoms with Gasteiger partial charge in [-0.05, 0) is 18.2 Å². The van der Waals surface area contributed by atoms with E-state index < -0.39 is 20.0 Å². The number of rotatable bonds is 3. The molecule has 0 spiro atoms. The van der Waals surface area contributed by atoms with Crippen LogP contribution in [0.1, 0.15) is 5.56 Å². The summed E-state index contributed by atoms with van der Waals surface area (Å²) in [6.07, 6.45) is 1.51. The van der Waals surface area contributed by atoms with Crippen LogP contribution in [0.2, 0.25) is 0 Å². The maximum Gasteiger partial charge on any atom is 0.245 e. The summed E-state index contributed by atoms with van der Waals surface area (Å²) in [5.74, 6) is 0. The number of nitrogens with two attached hydrogens (primary N) is 1. The summed E-state index contributed by atoms with van der Waals surface area (Å²) in [6, 6.07) is 5.39. The summed E-state index contributed by atoms with van der Waals surface area (Å²) in [4.78, 5) is 0. The zero-order valence-electron chi connectivity index (χ0n) is 9.65. The Balaban J connectivity index is 3.61. The van der Waals surface area contributed by atoms with E-state index in [1.165, 1.54) is 12.1 Å². The lowest BCUT2D eigenvalue weighted by Crippen LogP contribution is -2.35. The molecule has 0 atom stereocenters. The van der Waals surface area contributed by atoms with Gasteiger partial charge in [0.15, 0.2) is 0 Å². The predicted octanol–water partition coefficient (Wildman–Crippen LogP) is -0.134. The van der Waals surface area contributed by atoms with E-state index in [1.807, 2.05) is 0 Å². The van der Waals surface area contributed by atoms with Gasteiger partial charge in [-0.25, -0.2) is 16.8 Å². The number of anilines is 2. The minimum absolute atomic E-state index is 0.0716. The summed E-state index contributed by atoms with van der Waals surface area (Å²) in [6.45, 7) is 0. The quantitative estimate of drug-likeness (QED) is 0.773. The van der Waals surface area contributed by atoms with Crippen molar-refractivity contribution in [1.29, 1.82) is 5.26 Å². The van der Waals surface area contributed by atoms with Gasteiger partial charge in [0.1, 0.15) is 0 Å². The van der Waals surface area contributed by atoms with Gasteiger partial charge in [-0.1, -0.05) is 0 Å². The summed E-state index contributed by atoms with van der Waals surface area (Å²) in [5.41, 5.74) is 5.48. The van der Waals surface area contributed by atoms with E-state index in [0.717, 1.165) is 18.6 Å². The number of nitriles is 1. The minimum Gasteiger partial charge on any atom is -0.399 e. The van der Waals surface area contributed by atoms with E-state index in [2.05, 4.69) is 0 Å². The largest absolute Gasteiger partial charge is 0.399 e. The highest BCUT2D eigenvalue weighted by Gasteiger charge is 2.27. The van der Waals surface area contributed by atoms with Gasteiger partial charge in [0.05, 0.1) is 29.8 Å². The average molecular weight is 289 g/mol. The summed E-state index contributed by atoms with van der Waals surface area (Å²) < 4.78 is 46.3. The third-order valence-electron chi connectivity index (χ3n) is 1.88. The molecule has 0 aliphatic heterocycles. The van der Waals surface area contributed by atoms with Crippen molar-refractivity contribution in [3.63, 3.8) is 0 Å². The summed E-state index contributed by atoms with van der Waals surface area (Å²) in [7, 11) is -8.07. The predicted molar refractivity (Wildman–Crippen MR) is 67.7 cm³/mol. The highest BCUT2D eigenvalue weighted by Crippen LogP contribution is 2.24. The van der Waals surface area contributed by atoms with Crippen LogP contribution in [-0.4, -0.2) is 29.3 Å². The molecule has 0 aliphatic rings. The molecule has 0 heterocycles. The van der Waals surface area contributed by atoms with Crippen LogP contribution in [-0.2, 0) is 20.0 Å². The van der Waals surface area contributed by atoms with Gasteiger partial charge < -0.3 is 5.73 Å². The third kappa shape index (κ3) is 3.12. The Morgan fingerprint density at radius 1 is 1.11 bits per heavy atom. The summed E-state index contributed by atoms with van der Waals surface area (Å²) >= 11 is 0. The first-order valence-corrected chi connectivity index (χ1v) is 8.26. The monoisotopic (exact) mass is 289 g/mol. The Morgan fingerprint density at radius 3 is 2.00 bits per heavy atom. The van der Waals surface area contributed by atoms with Crippen molar-refractivity contribution in [1.82, 2.24) is 0 Å². The molecule has 0 fully saturated rings. The lowest BCUT2D eigenvalue weighted by atomic mass is 10.2. The maximum absolute atomic E-state index is 11.5. The molecule has 7 nitrogen and oxygen atoms in total. The molecular formula is C9H11N3O4S2. The normalized spacial score (nSPS) is 11.8. The molecule has 0 aromatic heterocycles. The average Bonchev–Trinajstić information content (AvgIpc) is 2.11. The lowest BCUT2D eigenvalue weighted by molar-refractivity contribution is 0.591. The van der Waals surface area contributed by atoms with Gasteiger partial charge in [-0.15, -0.1) is 0 Å². The fourth-order valence-electron chi connectivity index (χ4n) is 1.43. The van der Waals surface area contributed by atoms with Gasteiger partial charge in [0.2, 0.25) is 20.0 Å². The first kappa shape index (κ1) is 14.3. The zero-order chi connectivity index (χ0) is 14.1. The van der Waals surface area contributed by atoms with E-state index >= 15 is 0 Å². The van der Waals surface area contributed by atoms with E-state index in [0.29, 0.717) is 0 Å². The fourth-order valence-corrected chi connectivity index (χ4v) is 4.38. The molecule has 0 bridgehead atoms. The SMILES string of the molecule is CS(=O)(=O)N(c1cc(N)cc(C#N)c1)S(C)(=O)=O. The summed E-state index contributed by atoms with van der Waals surface area (Å²) in [5, 5.41) is 8.75. The Bertz CT molecular complexity index is 685. The molecule has 0 radical (unpaired) electrons. The minimum atomic E-state index is -4.04. The van der Waals surface area contributed by atoms with Crippen molar-refractivity contribution in [3.05, 3.63) is 23.8 Å². The zero-order valence-corrected chi connectivity index (χ0v) is 11.3. The highest BCUT2D eigenvalue weighted by atomic mass is 32.3. The topological polar surface area (TPSA) is 121 Å². The van der Waals surface area contributed by atoms with E-state index in [9.17, 15) is 16.8 Å². The van der Waals surface area contributed by atoms with Gasteiger partial charge in [0.25, 0.3) is 0 Å². The third-order valence-corrected chi connectivity index (χ3v) is 5.13. The molecule has 0 unspecified atom stereocenters. The van der Waals surface area contributed by atoms with Crippen molar-refractivity contribution < 1.29 is 16.8 Å². The number of sulfonamides is 2. The van der Waals surface area contributed by atoms with E-state index in [4.69, 9.17) is 11.0 Å². The number of hydrogen-bond acceptors (Lipinski definition) is 6. The van der Waals surface area contributed by atoms with Crippen molar-refractivity contribution in [2.45, 2.75) is 0 Å². The highest BCUT2D eigenvalue weighted by molar-refractivity contribution is 8.09. The Morgan fingerprint density at radius 2 is 1.61 bits per heavy atom. The van der Waals surface area contributed by atoms with Gasteiger partial charge in [-0.2, -0.15) is 8.97 Å². The molecule has 0 saturated carbocycles. The van der Waals surface area contributed by atoms with Crippen molar-refractivity contribution >= 4 is 31.4 Å². The van der Waals surface area contributed by atoms with E-state index in [1.54, 1.807) is 6.07 Å². The van der Waals surface area contributed by atoms with Gasteiger partial charge in [0, 0.05) is 5.69 Å². The first-order valence-electron chi connectivity index (χ1n) is 4.57. The number of benzene rings is 1. The van der Waals surface area contributed by atoms with Gasteiger partial charge >= 0.3 is 0 Å². The molecule has 9 heteroatoms. The first-order chi connectivity index (χ1) is 8.05.